The summed E-state index contributed by atoms with van der Waals surface area (Å²) in [6, 6.07) is 0. The van der Waals surface area contributed by atoms with Crippen molar-refractivity contribution in [2.24, 2.45) is 17.8 Å². The Hall–Kier alpha value is -1.14. The van der Waals surface area contributed by atoms with Crippen LogP contribution in [0.25, 0.3) is 0 Å². The maximum atomic E-state index is 12.8. The third kappa shape index (κ3) is 3.31. The van der Waals surface area contributed by atoms with Crippen molar-refractivity contribution in [1.29, 1.82) is 0 Å². The zero-order valence-corrected chi connectivity index (χ0v) is 14.5. The SMILES string of the molecule is CC1CC(C(=O)N2CCOCC3(CN(CC4CC4)C(=O)CO3)C2)C1. The molecule has 4 aliphatic rings. The van der Waals surface area contributed by atoms with Gasteiger partial charge < -0.3 is 19.3 Å². The molecule has 2 amide bonds. The largest absolute Gasteiger partial charge is 0.376 e. The number of amides is 2. The number of hydrogen-bond acceptors (Lipinski definition) is 4. The lowest BCUT2D eigenvalue weighted by atomic mass is 9.75. The van der Waals surface area contributed by atoms with Gasteiger partial charge >= 0.3 is 0 Å². The van der Waals surface area contributed by atoms with Crippen LogP contribution in [0.2, 0.25) is 0 Å². The van der Waals surface area contributed by atoms with Gasteiger partial charge in [0.05, 0.1) is 26.3 Å². The van der Waals surface area contributed by atoms with Crippen molar-refractivity contribution in [3.63, 3.8) is 0 Å². The molecule has 0 radical (unpaired) electrons. The molecule has 2 aliphatic heterocycles. The van der Waals surface area contributed by atoms with Crippen LogP contribution in [0.5, 0.6) is 0 Å². The van der Waals surface area contributed by atoms with Crippen LogP contribution >= 0.6 is 0 Å². The van der Waals surface area contributed by atoms with Crippen molar-refractivity contribution in [3.8, 4) is 0 Å². The summed E-state index contributed by atoms with van der Waals surface area (Å²) in [4.78, 5) is 28.8. The van der Waals surface area contributed by atoms with Crippen molar-refractivity contribution in [2.75, 3.05) is 46.0 Å². The van der Waals surface area contributed by atoms with Crippen molar-refractivity contribution in [2.45, 2.75) is 38.2 Å². The third-order valence-corrected chi connectivity index (χ3v) is 5.89. The second kappa shape index (κ2) is 6.30. The second-order valence-electron chi connectivity index (χ2n) is 8.28. The average molecular weight is 336 g/mol. The van der Waals surface area contributed by atoms with E-state index in [1.165, 1.54) is 12.8 Å². The summed E-state index contributed by atoms with van der Waals surface area (Å²) in [7, 11) is 0. The normalized spacial score (nSPS) is 37.3. The molecule has 1 unspecified atom stereocenters. The van der Waals surface area contributed by atoms with Crippen LogP contribution in [0.4, 0.5) is 0 Å². The Bertz CT molecular complexity index is 515. The van der Waals surface area contributed by atoms with Crippen LogP contribution in [0.15, 0.2) is 0 Å². The molecule has 4 rings (SSSR count). The van der Waals surface area contributed by atoms with E-state index in [-0.39, 0.29) is 24.3 Å². The third-order valence-electron chi connectivity index (χ3n) is 5.89. The van der Waals surface area contributed by atoms with Crippen LogP contribution in [0.1, 0.15) is 32.6 Å². The van der Waals surface area contributed by atoms with Gasteiger partial charge in [0, 0.05) is 19.0 Å². The standard InChI is InChI=1S/C18H28N2O4/c1-13-6-15(7-13)17(22)19-4-5-23-12-18(10-19)11-20(8-14-2-3-14)16(21)9-24-18/h13-15H,2-12H2,1H3. The van der Waals surface area contributed by atoms with Gasteiger partial charge in [0.1, 0.15) is 12.2 Å². The Kier molecular flexibility index (Phi) is 4.29. The molecule has 6 heteroatoms. The van der Waals surface area contributed by atoms with Crippen LogP contribution < -0.4 is 0 Å². The molecule has 0 bridgehead atoms. The lowest BCUT2D eigenvalue weighted by Gasteiger charge is -2.44. The second-order valence-corrected chi connectivity index (χ2v) is 8.28. The number of carbonyl (C=O) groups excluding carboxylic acids is 2. The first-order chi connectivity index (χ1) is 11.5. The van der Waals surface area contributed by atoms with Crippen molar-refractivity contribution < 1.29 is 19.1 Å². The van der Waals surface area contributed by atoms with E-state index in [4.69, 9.17) is 9.47 Å². The average Bonchev–Trinajstić information content (AvgIpc) is 3.35. The number of morpholine rings is 1. The monoisotopic (exact) mass is 336 g/mol. The van der Waals surface area contributed by atoms with Gasteiger partial charge in [0.15, 0.2) is 0 Å². The van der Waals surface area contributed by atoms with E-state index in [0.29, 0.717) is 44.7 Å². The summed E-state index contributed by atoms with van der Waals surface area (Å²) in [5.74, 6) is 1.80. The summed E-state index contributed by atoms with van der Waals surface area (Å²) in [6.07, 6.45) is 4.43. The molecule has 1 spiro atoms. The number of rotatable bonds is 3. The zero-order valence-electron chi connectivity index (χ0n) is 14.5. The van der Waals surface area contributed by atoms with Gasteiger partial charge in [-0.2, -0.15) is 0 Å². The highest BCUT2D eigenvalue weighted by Crippen LogP contribution is 2.36. The first kappa shape index (κ1) is 16.3. The lowest BCUT2D eigenvalue weighted by Crippen LogP contribution is -2.61. The van der Waals surface area contributed by atoms with E-state index in [2.05, 4.69) is 6.92 Å². The fraction of sp³-hybridized carbons (Fsp3) is 0.889. The molecule has 2 aliphatic carbocycles. The van der Waals surface area contributed by atoms with Crippen LogP contribution in [0.3, 0.4) is 0 Å². The Balaban J connectivity index is 1.44. The molecule has 0 N–H and O–H groups in total. The number of ether oxygens (including phenoxy) is 2. The van der Waals surface area contributed by atoms with Gasteiger partial charge in [-0.05, 0) is 37.5 Å². The minimum Gasteiger partial charge on any atom is -0.376 e. The fourth-order valence-corrected chi connectivity index (χ4v) is 4.20. The maximum absolute atomic E-state index is 12.8. The van der Waals surface area contributed by atoms with Crippen LogP contribution in [0, 0.1) is 17.8 Å². The molecule has 2 heterocycles. The van der Waals surface area contributed by atoms with Gasteiger partial charge in [-0.25, -0.2) is 0 Å². The van der Waals surface area contributed by atoms with E-state index in [0.717, 1.165) is 19.4 Å². The molecule has 0 aromatic heterocycles. The van der Waals surface area contributed by atoms with Crippen LogP contribution in [-0.4, -0.2) is 73.2 Å². The molecular weight excluding hydrogens is 308 g/mol. The molecule has 24 heavy (non-hydrogen) atoms. The molecule has 134 valence electrons. The summed E-state index contributed by atoms with van der Waals surface area (Å²) in [5, 5.41) is 0. The highest BCUT2D eigenvalue weighted by Gasteiger charge is 2.46. The van der Waals surface area contributed by atoms with E-state index in [1.807, 2.05) is 9.80 Å². The fourth-order valence-electron chi connectivity index (χ4n) is 4.20. The van der Waals surface area contributed by atoms with Crippen LogP contribution in [-0.2, 0) is 19.1 Å². The molecule has 0 aromatic carbocycles. The van der Waals surface area contributed by atoms with Gasteiger partial charge in [0.25, 0.3) is 0 Å². The Labute approximate surface area is 143 Å². The lowest BCUT2D eigenvalue weighted by molar-refractivity contribution is -0.175. The Morgan fingerprint density at radius 1 is 1.29 bits per heavy atom. The quantitative estimate of drug-likeness (QED) is 0.768. The molecule has 4 fully saturated rings. The number of hydrogen-bond donors (Lipinski definition) is 0. The van der Waals surface area contributed by atoms with E-state index < -0.39 is 5.60 Å². The number of carbonyl (C=O) groups is 2. The van der Waals surface area contributed by atoms with Crippen molar-refractivity contribution in [3.05, 3.63) is 0 Å². The highest BCUT2D eigenvalue weighted by molar-refractivity contribution is 5.80. The smallest absolute Gasteiger partial charge is 0.248 e. The van der Waals surface area contributed by atoms with Gasteiger partial charge in [-0.1, -0.05) is 6.92 Å². The topological polar surface area (TPSA) is 59.1 Å². The molecule has 0 aromatic rings. The first-order valence-electron chi connectivity index (χ1n) is 9.33. The minimum atomic E-state index is -0.551. The van der Waals surface area contributed by atoms with E-state index in [1.54, 1.807) is 0 Å². The molecule has 2 saturated carbocycles. The summed E-state index contributed by atoms with van der Waals surface area (Å²) in [5.41, 5.74) is -0.551. The minimum absolute atomic E-state index is 0.0717. The van der Waals surface area contributed by atoms with Crippen molar-refractivity contribution >= 4 is 11.8 Å². The predicted molar refractivity (Wildman–Crippen MR) is 87.3 cm³/mol. The Morgan fingerprint density at radius 2 is 2.08 bits per heavy atom. The van der Waals surface area contributed by atoms with Gasteiger partial charge in [-0.15, -0.1) is 0 Å². The van der Waals surface area contributed by atoms with Gasteiger partial charge in [-0.3, -0.25) is 9.59 Å². The van der Waals surface area contributed by atoms with Crippen molar-refractivity contribution in [1.82, 2.24) is 9.80 Å². The first-order valence-corrected chi connectivity index (χ1v) is 9.33. The van der Waals surface area contributed by atoms with Gasteiger partial charge in [0.2, 0.25) is 11.8 Å². The molecule has 6 nitrogen and oxygen atoms in total. The zero-order chi connectivity index (χ0) is 16.7. The van der Waals surface area contributed by atoms with E-state index in [9.17, 15) is 9.59 Å². The Morgan fingerprint density at radius 3 is 2.79 bits per heavy atom. The predicted octanol–water partition coefficient (Wildman–Crippen LogP) is 0.899. The molecule has 1 atom stereocenters. The summed E-state index contributed by atoms with van der Waals surface area (Å²) >= 11 is 0. The highest BCUT2D eigenvalue weighted by atomic mass is 16.6. The van der Waals surface area contributed by atoms with E-state index >= 15 is 0 Å². The molecular formula is C18H28N2O4. The molecule has 2 saturated heterocycles. The maximum Gasteiger partial charge on any atom is 0.248 e. The number of nitrogens with zero attached hydrogens (tertiary/aromatic N) is 2. The summed E-state index contributed by atoms with van der Waals surface area (Å²) in [6.45, 7) is 5.88. The summed E-state index contributed by atoms with van der Waals surface area (Å²) < 4.78 is 11.7.